The Bertz CT molecular complexity index is 341. The van der Waals surface area contributed by atoms with Crippen LogP contribution in [0, 0.1) is 5.82 Å². The van der Waals surface area contributed by atoms with E-state index in [0.717, 1.165) is 5.56 Å². The van der Waals surface area contributed by atoms with Gasteiger partial charge in [0, 0.05) is 13.2 Å². The molecule has 0 aromatic heterocycles. The molecule has 0 aliphatic heterocycles. The molecule has 0 fully saturated rings. The van der Waals surface area contributed by atoms with Crippen molar-refractivity contribution in [3.05, 3.63) is 29.6 Å². The lowest BCUT2D eigenvalue weighted by Gasteiger charge is -2.11. The molecule has 1 aromatic carbocycles. The van der Waals surface area contributed by atoms with E-state index in [4.69, 9.17) is 9.47 Å². The number of aliphatic hydroxyl groups is 1. The van der Waals surface area contributed by atoms with E-state index in [9.17, 15) is 9.50 Å². The molecule has 0 radical (unpaired) electrons. The molecule has 0 spiro atoms. The van der Waals surface area contributed by atoms with E-state index < -0.39 is 11.9 Å². The largest absolute Gasteiger partial charge is 0.494 e. The zero-order chi connectivity index (χ0) is 12.7. The first-order valence-electron chi connectivity index (χ1n) is 5.75. The van der Waals surface area contributed by atoms with Crippen molar-refractivity contribution in [3.63, 3.8) is 0 Å². The lowest BCUT2D eigenvalue weighted by atomic mass is 10.1. The highest BCUT2D eigenvalue weighted by atomic mass is 19.1. The molecule has 0 heterocycles. The van der Waals surface area contributed by atoms with Gasteiger partial charge in [-0.1, -0.05) is 6.07 Å². The maximum Gasteiger partial charge on any atom is 0.165 e. The minimum Gasteiger partial charge on any atom is -0.494 e. The average Bonchev–Trinajstić information content (AvgIpc) is 2.29. The highest BCUT2D eigenvalue weighted by molar-refractivity contribution is 5.29. The molecule has 0 saturated carbocycles. The molecular formula is C13H19FO3. The second kappa shape index (κ2) is 7.25. The summed E-state index contributed by atoms with van der Waals surface area (Å²) in [5.74, 6) is -0.181. The second-order valence-corrected chi connectivity index (χ2v) is 3.81. The van der Waals surface area contributed by atoms with Crippen molar-refractivity contribution in [1.29, 1.82) is 0 Å². The first-order valence-corrected chi connectivity index (χ1v) is 5.75. The van der Waals surface area contributed by atoms with Gasteiger partial charge in [0.25, 0.3) is 0 Å². The Balaban J connectivity index is 2.48. The zero-order valence-corrected chi connectivity index (χ0v) is 10.3. The summed E-state index contributed by atoms with van der Waals surface area (Å²) in [5.41, 5.74) is 0.757. The monoisotopic (exact) mass is 242 g/mol. The van der Waals surface area contributed by atoms with Gasteiger partial charge in [0.2, 0.25) is 0 Å². The Morgan fingerprint density at radius 3 is 2.76 bits per heavy atom. The summed E-state index contributed by atoms with van der Waals surface area (Å²) in [6, 6.07) is 4.72. The van der Waals surface area contributed by atoms with Gasteiger partial charge in [0.15, 0.2) is 11.6 Å². The standard InChI is InChI=1S/C13H19FO3/c1-3-17-7-6-11(15)8-10-4-5-13(16-2)12(14)9-10/h4-5,9,11,15H,3,6-8H2,1-2H3. The molecule has 96 valence electrons. The number of hydrogen-bond donors (Lipinski definition) is 1. The van der Waals surface area contributed by atoms with Crippen molar-refractivity contribution in [2.45, 2.75) is 25.9 Å². The van der Waals surface area contributed by atoms with Gasteiger partial charge >= 0.3 is 0 Å². The van der Waals surface area contributed by atoms with E-state index in [2.05, 4.69) is 0 Å². The number of rotatable bonds is 7. The topological polar surface area (TPSA) is 38.7 Å². The molecule has 4 heteroatoms. The van der Waals surface area contributed by atoms with Crippen molar-refractivity contribution < 1.29 is 19.0 Å². The highest BCUT2D eigenvalue weighted by Gasteiger charge is 2.08. The van der Waals surface area contributed by atoms with Gasteiger partial charge in [-0.2, -0.15) is 0 Å². The minimum absolute atomic E-state index is 0.220. The van der Waals surface area contributed by atoms with Gasteiger partial charge < -0.3 is 14.6 Å². The first kappa shape index (κ1) is 13.9. The predicted octanol–water partition coefficient (Wildman–Crippen LogP) is 2.16. The third kappa shape index (κ3) is 4.71. The van der Waals surface area contributed by atoms with Crippen LogP contribution in [0.4, 0.5) is 4.39 Å². The average molecular weight is 242 g/mol. The smallest absolute Gasteiger partial charge is 0.165 e. The Kier molecular flexibility index (Phi) is 5.94. The highest BCUT2D eigenvalue weighted by Crippen LogP contribution is 2.18. The molecule has 0 aliphatic rings. The fourth-order valence-corrected chi connectivity index (χ4v) is 1.57. The van der Waals surface area contributed by atoms with Crippen LogP contribution in [0.2, 0.25) is 0 Å². The molecular weight excluding hydrogens is 223 g/mol. The Hall–Kier alpha value is -1.13. The lowest BCUT2D eigenvalue weighted by molar-refractivity contribution is 0.0887. The van der Waals surface area contributed by atoms with Crippen molar-refractivity contribution in [2.75, 3.05) is 20.3 Å². The third-order valence-corrected chi connectivity index (χ3v) is 2.49. The summed E-state index contributed by atoms with van der Waals surface area (Å²) in [6.07, 6.45) is 0.476. The zero-order valence-electron chi connectivity index (χ0n) is 10.3. The summed E-state index contributed by atoms with van der Waals surface area (Å²) < 4.78 is 23.4. The molecule has 0 bridgehead atoms. The van der Waals surface area contributed by atoms with Crippen LogP contribution in [0.5, 0.6) is 5.75 Å². The molecule has 1 unspecified atom stereocenters. The molecule has 0 aliphatic carbocycles. The van der Waals surface area contributed by atoms with E-state index >= 15 is 0 Å². The van der Waals surface area contributed by atoms with E-state index in [-0.39, 0.29) is 5.75 Å². The van der Waals surface area contributed by atoms with Crippen molar-refractivity contribution in [1.82, 2.24) is 0 Å². The van der Waals surface area contributed by atoms with Crippen LogP contribution in [-0.4, -0.2) is 31.5 Å². The quantitative estimate of drug-likeness (QED) is 0.745. The normalized spacial score (nSPS) is 12.5. The molecule has 1 atom stereocenters. The Labute approximate surface area is 101 Å². The fourth-order valence-electron chi connectivity index (χ4n) is 1.57. The molecule has 0 amide bonds. The molecule has 1 aromatic rings. The van der Waals surface area contributed by atoms with E-state index in [1.54, 1.807) is 12.1 Å². The van der Waals surface area contributed by atoms with Crippen molar-refractivity contribution >= 4 is 0 Å². The van der Waals surface area contributed by atoms with Gasteiger partial charge in [-0.15, -0.1) is 0 Å². The van der Waals surface area contributed by atoms with Crippen molar-refractivity contribution in [2.24, 2.45) is 0 Å². The summed E-state index contributed by atoms with van der Waals surface area (Å²) in [6.45, 7) is 3.07. The van der Waals surface area contributed by atoms with Crippen LogP contribution in [-0.2, 0) is 11.2 Å². The van der Waals surface area contributed by atoms with Crippen molar-refractivity contribution in [3.8, 4) is 5.75 Å². The first-order chi connectivity index (χ1) is 8.17. The molecule has 0 saturated heterocycles. The van der Waals surface area contributed by atoms with Crippen LogP contribution in [0.3, 0.4) is 0 Å². The summed E-state index contributed by atoms with van der Waals surface area (Å²) >= 11 is 0. The SMILES string of the molecule is CCOCCC(O)Cc1ccc(OC)c(F)c1. The van der Waals surface area contributed by atoms with E-state index in [1.807, 2.05) is 6.92 Å². The van der Waals surface area contributed by atoms with Crippen LogP contribution in [0.15, 0.2) is 18.2 Å². The number of benzene rings is 1. The summed E-state index contributed by atoms with van der Waals surface area (Å²) in [4.78, 5) is 0. The molecule has 1 N–H and O–H groups in total. The molecule has 17 heavy (non-hydrogen) atoms. The maximum absolute atomic E-state index is 13.4. The summed E-state index contributed by atoms with van der Waals surface area (Å²) in [5, 5.41) is 9.71. The lowest BCUT2D eigenvalue weighted by Crippen LogP contribution is -2.13. The van der Waals surface area contributed by atoms with E-state index in [1.165, 1.54) is 13.2 Å². The molecule has 3 nitrogen and oxygen atoms in total. The number of aliphatic hydroxyl groups excluding tert-OH is 1. The number of hydrogen-bond acceptors (Lipinski definition) is 3. The van der Waals surface area contributed by atoms with E-state index in [0.29, 0.717) is 26.1 Å². The minimum atomic E-state index is -0.505. The number of methoxy groups -OCH3 is 1. The third-order valence-electron chi connectivity index (χ3n) is 2.49. The van der Waals surface area contributed by atoms with Crippen LogP contribution in [0.1, 0.15) is 18.9 Å². The van der Waals surface area contributed by atoms with Gasteiger partial charge in [0.1, 0.15) is 0 Å². The predicted molar refractivity (Wildman–Crippen MR) is 63.8 cm³/mol. The van der Waals surface area contributed by atoms with Gasteiger partial charge in [-0.05, 0) is 37.5 Å². The summed E-state index contributed by atoms with van der Waals surface area (Å²) in [7, 11) is 1.43. The van der Waals surface area contributed by atoms with Gasteiger partial charge in [-0.25, -0.2) is 4.39 Å². The second-order valence-electron chi connectivity index (χ2n) is 3.81. The number of halogens is 1. The van der Waals surface area contributed by atoms with Crippen LogP contribution >= 0.6 is 0 Å². The number of ether oxygens (including phenoxy) is 2. The van der Waals surface area contributed by atoms with Crippen LogP contribution in [0.25, 0.3) is 0 Å². The Morgan fingerprint density at radius 2 is 2.18 bits per heavy atom. The van der Waals surface area contributed by atoms with Gasteiger partial charge in [-0.3, -0.25) is 0 Å². The van der Waals surface area contributed by atoms with Gasteiger partial charge in [0.05, 0.1) is 13.2 Å². The molecule has 1 rings (SSSR count). The Morgan fingerprint density at radius 1 is 1.41 bits per heavy atom. The van der Waals surface area contributed by atoms with Crippen LogP contribution < -0.4 is 4.74 Å². The fraction of sp³-hybridized carbons (Fsp3) is 0.538. The maximum atomic E-state index is 13.4.